The van der Waals surface area contributed by atoms with Gasteiger partial charge < -0.3 is 10.6 Å². The molecule has 1 aliphatic rings. The van der Waals surface area contributed by atoms with Crippen LogP contribution in [0.3, 0.4) is 0 Å². The van der Waals surface area contributed by atoms with E-state index in [1.165, 1.54) is 5.56 Å². The Morgan fingerprint density at radius 3 is 2.80 bits per heavy atom. The normalized spacial score (nSPS) is 17.1. The first-order valence-electron chi connectivity index (χ1n) is 6.90. The van der Waals surface area contributed by atoms with E-state index in [1.54, 1.807) is 0 Å². The molecule has 1 atom stereocenters. The molecule has 0 aliphatic carbocycles. The minimum atomic E-state index is 0. The molecule has 3 nitrogen and oxygen atoms in total. The lowest BCUT2D eigenvalue weighted by Gasteiger charge is -2.24. The van der Waals surface area contributed by atoms with Crippen LogP contribution in [0.4, 0.5) is 0 Å². The Morgan fingerprint density at radius 1 is 1.45 bits per heavy atom. The number of nitrogens with one attached hydrogen (secondary N) is 2. The predicted octanol–water partition coefficient (Wildman–Crippen LogP) is 2.92. The average molecular weight is 362 g/mol. The van der Waals surface area contributed by atoms with Crippen molar-refractivity contribution in [3.8, 4) is 0 Å². The molecule has 0 radical (unpaired) electrons. The minimum absolute atomic E-state index is 0. The summed E-state index contributed by atoms with van der Waals surface area (Å²) in [4.78, 5) is 12.1. The summed E-state index contributed by atoms with van der Waals surface area (Å²) in [6.07, 6.45) is 2.78. The molecule has 1 saturated heterocycles. The van der Waals surface area contributed by atoms with Gasteiger partial charge in [0, 0.05) is 16.4 Å². The van der Waals surface area contributed by atoms with Crippen LogP contribution in [-0.2, 0) is 11.2 Å². The predicted molar refractivity (Wildman–Crippen MR) is 88.3 cm³/mol. The van der Waals surface area contributed by atoms with E-state index >= 15 is 0 Å². The largest absolute Gasteiger partial charge is 0.353 e. The van der Waals surface area contributed by atoms with Gasteiger partial charge in [-0.15, -0.1) is 12.4 Å². The highest BCUT2D eigenvalue weighted by molar-refractivity contribution is 9.10. The van der Waals surface area contributed by atoms with Crippen LogP contribution in [0, 0.1) is 5.92 Å². The molecule has 0 spiro atoms. The van der Waals surface area contributed by atoms with Crippen molar-refractivity contribution in [2.45, 2.75) is 32.2 Å². The van der Waals surface area contributed by atoms with Crippen LogP contribution >= 0.6 is 28.3 Å². The molecule has 1 amide bonds. The Morgan fingerprint density at radius 2 is 2.15 bits per heavy atom. The van der Waals surface area contributed by atoms with Crippen LogP contribution in [0.1, 0.15) is 25.3 Å². The van der Waals surface area contributed by atoms with Gasteiger partial charge >= 0.3 is 0 Å². The molecule has 112 valence electrons. The third kappa shape index (κ3) is 5.43. The molecule has 5 heteroatoms. The maximum absolute atomic E-state index is 12.1. The molecule has 2 rings (SSSR count). The van der Waals surface area contributed by atoms with Gasteiger partial charge in [0.05, 0.1) is 0 Å². The number of hydrogen-bond acceptors (Lipinski definition) is 2. The number of carbonyl (C=O) groups is 1. The zero-order valence-electron chi connectivity index (χ0n) is 11.7. The number of halogens is 2. The molecule has 1 heterocycles. The van der Waals surface area contributed by atoms with Gasteiger partial charge in [-0.05, 0) is 57.0 Å². The summed E-state index contributed by atoms with van der Waals surface area (Å²) >= 11 is 3.47. The zero-order valence-corrected chi connectivity index (χ0v) is 14.1. The van der Waals surface area contributed by atoms with Crippen molar-refractivity contribution in [2.24, 2.45) is 5.92 Å². The quantitative estimate of drug-likeness (QED) is 0.866. The van der Waals surface area contributed by atoms with E-state index in [0.717, 1.165) is 36.8 Å². The summed E-state index contributed by atoms with van der Waals surface area (Å²) in [5.74, 6) is 0.398. The number of rotatable bonds is 4. The molecular weight excluding hydrogens is 340 g/mol. The van der Waals surface area contributed by atoms with Crippen molar-refractivity contribution in [1.82, 2.24) is 10.6 Å². The van der Waals surface area contributed by atoms with Gasteiger partial charge in [0.15, 0.2) is 0 Å². The smallest absolute Gasteiger partial charge is 0.223 e. The van der Waals surface area contributed by atoms with Gasteiger partial charge in [-0.2, -0.15) is 0 Å². The molecule has 1 aromatic rings. The lowest BCUT2D eigenvalue weighted by molar-refractivity contribution is -0.126. The lowest BCUT2D eigenvalue weighted by atomic mass is 9.96. The van der Waals surface area contributed by atoms with Crippen LogP contribution in [-0.4, -0.2) is 25.0 Å². The highest BCUT2D eigenvalue weighted by Gasteiger charge is 2.21. The third-order valence-corrected chi connectivity index (χ3v) is 4.02. The lowest BCUT2D eigenvalue weighted by Crippen LogP contribution is -2.42. The van der Waals surface area contributed by atoms with Crippen molar-refractivity contribution in [3.63, 3.8) is 0 Å². The highest BCUT2D eigenvalue weighted by Crippen LogP contribution is 2.14. The zero-order chi connectivity index (χ0) is 13.7. The fourth-order valence-electron chi connectivity index (χ4n) is 2.51. The van der Waals surface area contributed by atoms with E-state index in [1.807, 2.05) is 12.1 Å². The summed E-state index contributed by atoms with van der Waals surface area (Å²) in [7, 11) is 0. The van der Waals surface area contributed by atoms with E-state index in [0.29, 0.717) is 0 Å². The molecule has 0 aromatic heterocycles. The monoisotopic (exact) mass is 360 g/mol. The van der Waals surface area contributed by atoms with E-state index in [-0.39, 0.29) is 30.3 Å². The Balaban J connectivity index is 0.00000200. The fourth-order valence-corrected chi connectivity index (χ4v) is 2.96. The fraction of sp³-hybridized carbons (Fsp3) is 0.533. The molecule has 1 aliphatic heterocycles. The third-order valence-electron chi connectivity index (χ3n) is 3.53. The summed E-state index contributed by atoms with van der Waals surface area (Å²) < 4.78 is 1.09. The molecule has 2 N–H and O–H groups in total. The standard InChI is InChI=1S/C15H21BrN2O.ClH/c1-11(9-12-3-2-4-14(16)10-12)18-15(19)13-5-7-17-8-6-13;/h2-4,10-11,13,17H,5-9H2,1H3,(H,18,19);1H. The van der Waals surface area contributed by atoms with Gasteiger partial charge in [-0.25, -0.2) is 0 Å². The van der Waals surface area contributed by atoms with Crippen LogP contribution in [0.2, 0.25) is 0 Å². The Kier molecular flexibility index (Phi) is 7.56. The van der Waals surface area contributed by atoms with Gasteiger partial charge in [0.1, 0.15) is 0 Å². The van der Waals surface area contributed by atoms with E-state index in [2.05, 4.69) is 45.6 Å². The molecule has 1 aromatic carbocycles. The summed E-state index contributed by atoms with van der Waals surface area (Å²) in [5.41, 5.74) is 1.24. The van der Waals surface area contributed by atoms with Crippen molar-refractivity contribution in [3.05, 3.63) is 34.3 Å². The van der Waals surface area contributed by atoms with Crippen LogP contribution < -0.4 is 10.6 Å². The number of carbonyl (C=O) groups excluding carboxylic acids is 1. The maximum Gasteiger partial charge on any atom is 0.223 e. The molecule has 1 unspecified atom stereocenters. The first kappa shape index (κ1) is 17.5. The molecule has 0 bridgehead atoms. The SMILES string of the molecule is CC(Cc1cccc(Br)c1)NC(=O)C1CCNCC1.Cl. The Hall–Kier alpha value is -0.580. The van der Waals surface area contributed by atoms with E-state index in [9.17, 15) is 4.79 Å². The minimum Gasteiger partial charge on any atom is -0.353 e. The first-order valence-corrected chi connectivity index (χ1v) is 7.70. The number of piperidine rings is 1. The van der Waals surface area contributed by atoms with Crippen molar-refractivity contribution in [2.75, 3.05) is 13.1 Å². The highest BCUT2D eigenvalue weighted by atomic mass is 79.9. The van der Waals surface area contributed by atoms with Crippen molar-refractivity contribution in [1.29, 1.82) is 0 Å². The molecular formula is C15H22BrClN2O. The van der Waals surface area contributed by atoms with E-state index in [4.69, 9.17) is 0 Å². The number of amides is 1. The molecule has 1 fully saturated rings. The molecule has 0 saturated carbocycles. The van der Waals surface area contributed by atoms with Crippen LogP contribution in [0.5, 0.6) is 0 Å². The van der Waals surface area contributed by atoms with Crippen LogP contribution in [0.15, 0.2) is 28.7 Å². The van der Waals surface area contributed by atoms with E-state index < -0.39 is 0 Å². The maximum atomic E-state index is 12.1. The Labute approximate surface area is 135 Å². The second kappa shape index (κ2) is 8.65. The number of benzene rings is 1. The summed E-state index contributed by atoms with van der Waals surface area (Å²) in [6, 6.07) is 8.42. The number of hydrogen-bond donors (Lipinski definition) is 2. The van der Waals surface area contributed by atoms with Crippen molar-refractivity contribution < 1.29 is 4.79 Å². The Bertz CT molecular complexity index is 436. The van der Waals surface area contributed by atoms with Gasteiger partial charge in [0.2, 0.25) is 5.91 Å². The van der Waals surface area contributed by atoms with Gasteiger partial charge in [0.25, 0.3) is 0 Å². The van der Waals surface area contributed by atoms with Gasteiger partial charge in [-0.3, -0.25) is 4.79 Å². The van der Waals surface area contributed by atoms with Crippen molar-refractivity contribution >= 4 is 34.2 Å². The average Bonchev–Trinajstić information content (AvgIpc) is 2.39. The first-order chi connectivity index (χ1) is 9.15. The second-order valence-corrected chi connectivity index (χ2v) is 6.18. The van der Waals surface area contributed by atoms with Gasteiger partial charge in [-0.1, -0.05) is 28.1 Å². The topological polar surface area (TPSA) is 41.1 Å². The van der Waals surface area contributed by atoms with Crippen LogP contribution in [0.25, 0.3) is 0 Å². The summed E-state index contributed by atoms with van der Waals surface area (Å²) in [5, 5.41) is 6.42. The molecule has 20 heavy (non-hydrogen) atoms. The summed E-state index contributed by atoms with van der Waals surface area (Å²) in [6.45, 7) is 3.98. The second-order valence-electron chi connectivity index (χ2n) is 5.27.